The van der Waals surface area contributed by atoms with Gasteiger partial charge in [-0.25, -0.2) is 0 Å². The van der Waals surface area contributed by atoms with E-state index >= 15 is 0 Å². The summed E-state index contributed by atoms with van der Waals surface area (Å²) in [6.07, 6.45) is 0. The largest absolute Gasteiger partial charge is 0.309 e. The highest BCUT2D eigenvalue weighted by atomic mass is 15.0. The molecule has 0 N–H and O–H groups in total. The molecule has 0 aliphatic rings. The van der Waals surface area contributed by atoms with E-state index in [0.717, 1.165) is 11.4 Å². The summed E-state index contributed by atoms with van der Waals surface area (Å²) in [6.45, 7) is 0. The van der Waals surface area contributed by atoms with Gasteiger partial charge in [0.25, 0.3) is 0 Å². The van der Waals surface area contributed by atoms with E-state index in [9.17, 15) is 0 Å². The third-order valence-corrected chi connectivity index (χ3v) is 13.1. The summed E-state index contributed by atoms with van der Waals surface area (Å²) < 4.78 is 4.87. The Balaban J connectivity index is 1.03. The van der Waals surface area contributed by atoms with Crippen LogP contribution in [-0.2, 0) is 0 Å². The first-order chi connectivity index (χ1) is 30.7. The normalized spacial score (nSPS) is 11.9. The van der Waals surface area contributed by atoms with Crippen LogP contribution in [-0.4, -0.2) is 9.13 Å². The molecule has 0 saturated heterocycles. The number of para-hydroxylation sites is 3. The fraction of sp³-hybridized carbons (Fsp3) is 0. The molecule has 0 aliphatic heterocycles. The molecular weight excluding hydrogens is 749 g/mol. The summed E-state index contributed by atoms with van der Waals surface area (Å²) in [5.74, 6) is 0. The molecule has 0 radical (unpaired) electrons. The molecule has 0 bridgehead atoms. The molecule has 2 nitrogen and oxygen atoms in total. The Morgan fingerprint density at radius 3 is 1.08 bits per heavy atom. The number of hydrogen-bond acceptors (Lipinski definition) is 0. The lowest BCUT2D eigenvalue weighted by molar-refractivity contribution is 1.18. The van der Waals surface area contributed by atoms with E-state index < -0.39 is 0 Å². The average Bonchev–Trinajstić information content (AvgIpc) is 3.86. The molecule has 2 aromatic heterocycles. The molecule has 0 fully saturated rings. The Hall–Kier alpha value is -8.20. The maximum Gasteiger partial charge on any atom is 0.0547 e. The van der Waals surface area contributed by atoms with Gasteiger partial charge < -0.3 is 9.13 Å². The molecule has 62 heavy (non-hydrogen) atoms. The van der Waals surface area contributed by atoms with E-state index in [1.165, 1.54) is 109 Å². The molecule has 288 valence electrons. The Labute approximate surface area is 358 Å². The number of fused-ring (bicyclic) bond motifs is 12. The fourth-order valence-corrected chi connectivity index (χ4v) is 10.2. The van der Waals surface area contributed by atoms with Crippen molar-refractivity contribution in [2.75, 3.05) is 0 Å². The second-order valence-electron chi connectivity index (χ2n) is 16.5. The number of nitrogens with zero attached hydrogens (tertiary/aromatic N) is 2. The molecule has 0 amide bonds. The van der Waals surface area contributed by atoms with Crippen molar-refractivity contribution in [3.8, 4) is 44.8 Å². The highest BCUT2D eigenvalue weighted by molar-refractivity contribution is 6.25. The number of aromatic nitrogens is 2. The van der Waals surface area contributed by atoms with Crippen LogP contribution in [0.2, 0.25) is 0 Å². The Bertz CT molecular complexity index is 3870. The minimum Gasteiger partial charge on any atom is -0.309 e. The second kappa shape index (κ2) is 13.7. The van der Waals surface area contributed by atoms with Crippen LogP contribution in [0.1, 0.15) is 0 Å². The van der Waals surface area contributed by atoms with Crippen molar-refractivity contribution < 1.29 is 0 Å². The smallest absolute Gasteiger partial charge is 0.0547 e. The van der Waals surface area contributed by atoms with Gasteiger partial charge in [-0.2, -0.15) is 0 Å². The first-order valence-corrected chi connectivity index (χ1v) is 21.4. The van der Waals surface area contributed by atoms with E-state index in [1.807, 2.05) is 0 Å². The van der Waals surface area contributed by atoms with E-state index in [2.05, 4.69) is 240 Å². The van der Waals surface area contributed by atoms with Crippen LogP contribution in [0.25, 0.3) is 121 Å². The SMILES string of the molecule is c1ccc(-c2cc(-c3ccc4c5ccccc5n(-c5ccccc5)c4c3)cc(-c3ccc4c5ccccc5n(-c5ccc6c7ccccc7c7ccccc7c6c5)c4c3)c2)cc1. The zero-order valence-corrected chi connectivity index (χ0v) is 33.8. The lowest BCUT2D eigenvalue weighted by atomic mass is 9.92. The predicted molar refractivity (Wildman–Crippen MR) is 264 cm³/mol. The lowest BCUT2D eigenvalue weighted by Crippen LogP contribution is -1.95. The third kappa shape index (κ3) is 5.30. The fourth-order valence-electron chi connectivity index (χ4n) is 10.2. The molecule has 13 aromatic rings. The predicted octanol–water partition coefficient (Wildman–Crippen LogP) is 16.3. The van der Waals surface area contributed by atoms with E-state index in [1.54, 1.807) is 0 Å². The van der Waals surface area contributed by atoms with Crippen LogP contribution < -0.4 is 0 Å². The van der Waals surface area contributed by atoms with Gasteiger partial charge in [0.05, 0.1) is 22.1 Å². The van der Waals surface area contributed by atoms with Crippen LogP contribution in [0.4, 0.5) is 0 Å². The van der Waals surface area contributed by atoms with Crippen LogP contribution >= 0.6 is 0 Å². The second-order valence-corrected chi connectivity index (χ2v) is 16.5. The van der Waals surface area contributed by atoms with Crippen molar-refractivity contribution in [2.45, 2.75) is 0 Å². The van der Waals surface area contributed by atoms with Crippen molar-refractivity contribution in [2.24, 2.45) is 0 Å². The molecule has 0 atom stereocenters. The number of rotatable bonds is 5. The molecular formula is C60H38N2. The first kappa shape index (κ1) is 34.6. The topological polar surface area (TPSA) is 9.86 Å². The summed E-state index contributed by atoms with van der Waals surface area (Å²) in [5.41, 5.74) is 14.2. The van der Waals surface area contributed by atoms with Gasteiger partial charge in [0.2, 0.25) is 0 Å². The van der Waals surface area contributed by atoms with Crippen LogP contribution in [0.5, 0.6) is 0 Å². The summed E-state index contributed by atoms with van der Waals surface area (Å²) in [7, 11) is 0. The highest BCUT2D eigenvalue weighted by Crippen LogP contribution is 2.42. The minimum atomic E-state index is 1.15. The minimum absolute atomic E-state index is 1.15. The quantitative estimate of drug-likeness (QED) is 0.154. The number of benzene rings is 11. The molecule has 0 spiro atoms. The van der Waals surface area contributed by atoms with Gasteiger partial charge in [-0.1, -0.05) is 164 Å². The average molecular weight is 787 g/mol. The molecule has 2 heteroatoms. The van der Waals surface area contributed by atoms with Gasteiger partial charge in [-0.05, 0) is 132 Å². The molecule has 13 rings (SSSR count). The van der Waals surface area contributed by atoms with Crippen molar-refractivity contribution in [3.05, 3.63) is 231 Å². The van der Waals surface area contributed by atoms with Crippen molar-refractivity contribution in [1.29, 1.82) is 0 Å². The van der Waals surface area contributed by atoms with Gasteiger partial charge in [0.15, 0.2) is 0 Å². The monoisotopic (exact) mass is 786 g/mol. The van der Waals surface area contributed by atoms with Gasteiger partial charge in [-0.15, -0.1) is 0 Å². The Morgan fingerprint density at radius 1 is 0.177 bits per heavy atom. The molecule has 0 saturated carbocycles. The molecule has 2 heterocycles. The van der Waals surface area contributed by atoms with Gasteiger partial charge in [0, 0.05) is 32.9 Å². The summed E-state index contributed by atoms with van der Waals surface area (Å²) in [6, 6.07) is 84.9. The lowest BCUT2D eigenvalue weighted by Gasteiger charge is -2.15. The summed E-state index contributed by atoms with van der Waals surface area (Å²) in [5, 5.41) is 12.7. The molecule has 0 aliphatic carbocycles. The summed E-state index contributed by atoms with van der Waals surface area (Å²) >= 11 is 0. The first-order valence-electron chi connectivity index (χ1n) is 21.4. The van der Waals surface area contributed by atoms with Crippen LogP contribution in [0.3, 0.4) is 0 Å². The Morgan fingerprint density at radius 2 is 0.548 bits per heavy atom. The third-order valence-electron chi connectivity index (χ3n) is 13.1. The van der Waals surface area contributed by atoms with Crippen molar-refractivity contribution >= 4 is 75.9 Å². The summed E-state index contributed by atoms with van der Waals surface area (Å²) in [4.78, 5) is 0. The van der Waals surface area contributed by atoms with Crippen molar-refractivity contribution in [1.82, 2.24) is 9.13 Å². The molecule has 11 aromatic carbocycles. The van der Waals surface area contributed by atoms with Gasteiger partial charge in [-0.3, -0.25) is 0 Å². The Kier molecular flexibility index (Phi) is 7.64. The maximum absolute atomic E-state index is 2.47. The van der Waals surface area contributed by atoms with Gasteiger partial charge >= 0.3 is 0 Å². The maximum atomic E-state index is 2.47. The highest BCUT2D eigenvalue weighted by Gasteiger charge is 2.18. The van der Waals surface area contributed by atoms with Crippen LogP contribution in [0, 0.1) is 0 Å². The van der Waals surface area contributed by atoms with Crippen LogP contribution in [0.15, 0.2) is 231 Å². The standard InChI is InChI=1S/C60H38N2/c1-3-15-39(16-4-1)42-33-43(40-27-30-54-52-23-11-13-25-57(52)61(59(54)36-40)45-17-5-2-6-18-45)35-44(34-42)41-28-31-55-53-24-12-14-26-58(53)62(60(55)37-41)46-29-32-51-49-21-8-7-19-47(49)48-20-9-10-22-50(48)56(51)38-46/h1-38H. The zero-order chi connectivity index (χ0) is 40.7. The van der Waals surface area contributed by atoms with E-state index in [-0.39, 0.29) is 0 Å². The zero-order valence-electron chi connectivity index (χ0n) is 33.8. The molecule has 0 unspecified atom stereocenters. The van der Waals surface area contributed by atoms with Gasteiger partial charge in [0.1, 0.15) is 0 Å². The van der Waals surface area contributed by atoms with Crippen molar-refractivity contribution in [3.63, 3.8) is 0 Å². The van der Waals surface area contributed by atoms with E-state index in [0.29, 0.717) is 0 Å². The number of hydrogen-bond donors (Lipinski definition) is 0. The van der Waals surface area contributed by atoms with E-state index in [4.69, 9.17) is 0 Å².